The number of hydrogen-bond acceptors (Lipinski definition) is 1. The van der Waals surface area contributed by atoms with Crippen LogP contribution < -0.4 is 0 Å². The van der Waals surface area contributed by atoms with Crippen molar-refractivity contribution in [3.05, 3.63) is 68.7 Å². The Morgan fingerprint density at radius 2 is 1.75 bits per heavy atom. The van der Waals surface area contributed by atoms with Crippen molar-refractivity contribution >= 4 is 27.5 Å². The molecule has 1 nitrogen and oxygen atoms in total. The first-order valence-electron chi connectivity index (χ1n) is 6.89. The summed E-state index contributed by atoms with van der Waals surface area (Å²) in [4.78, 5) is 0. The minimum atomic E-state index is -0.670. The molecule has 3 heteroatoms. The maximum absolute atomic E-state index is 10.7. The van der Waals surface area contributed by atoms with Crippen LogP contribution in [0, 0.1) is 0 Å². The fourth-order valence-corrected chi connectivity index (χ4v) is 3.36. The van der Waals surface area contributed by atoms with Crippen LogP contribution in [0.1, 0.15) is 48.0 Å². The van der Waals surface area contributed by atoms with Gasteiger partial charge in [0, 0.05) is 10.0 Å². The highest BCUT2D eigenvalue weighted by molar-refractivity contribution is 9.10. The number of aliphatic hydroxyl groups is 1. The molecule has 0 heterocycles. The summed E-state index contributed by atoms with van der Waals surface area (Å²) in [6, 6.07) is 13.8. The summed E-state index contributed by atoms with van der Waals surface area (Å²) >= 11 is 9.73. The molecule has 104 valence electrons. The van der Waals surface area contributed by atoms with Crippen LogP contribution in [-0.4, -0.2) is 5.11 Å². The van der Waals surface area contributed by atoms with Gasteiger partial charge in [-0.3, -0.25) is 0 Å². The lowest BCUT2D eigenvalue weighted by Gasteiger charge is -2.29. The van der Waals surface area contributed by atoms with E-state index in [2.05, 4.69) is 22.0 Å². The van der Waals surface area contributed by atoms with Crippen LogP contribution in [0.25, 0.3) is 0 Å². The smallest absolute Gasteiger partial charge is 0.106 e. The lowest BCUT2D eigenvalue weighted by atomic mass is 9.77. The van der Waals surface area contributed by atoms with Crippen molar-refractivity contribution < 1.29 is 5.11 Å². The van der Waals surface area contributed by atoms with Gasteiger partial charge >= 0.3 is 0 Å². The van der Waals surface area contributed by atoms with Crippen molar-refractivity contribution in [2.75, 3.05) is 0 Å². The van der Waals surface area contributed by atoms with Gasteiger partial charge in [0.25, 0.3) is 0 Å². The first kappa shape index (κ1) is 14.1. The van der Waals surface area contributed by atoms with Crippen LogP contribution >= 0.6 is 27.5 Å². The van der Waals surface area contributed by atoms with Gasteiger partial charge in [-0.05, 0) is 51.9 Å². The van der Waals surface area contributed by atoms with Gasteiger partial charge in [0.1, 0.15) is 6.10 Å². The Balaban J connectivity index is 2.02. The minimum Gasteiger partial charge on any atom is -0.384 e. The Labute approximate surface area is 132 Å². The second-order valence-electron chi connectivity index (χ2n) is 5.30. The molecule has 0 amide bonds. The van der Waals surface area contributed by atoms with Crippen LogP contribution in [0.5, 0.6) is 0 Å². The largest absolute Gasteiger partial charge is 0.384 e. The van der Waals surface area contributed by atoms with Gasteiger partial charge in [0.05, 0.1) is 5.02 Å². The predicted octanol–water partition coefficient (Wildman–Crippen LogP) is 5.45. The van der Waals surface area contributed by atoms with E-state index >= 15 is 0 Å². The third kappa shape index (κ3) is 2.52. The highest BCUT2D eigenvalue weighted by atomic mass is 79.9. The molecule has 1 saturated carbocycles. The summed E-state index contributed by atoms with van der Waals surface area (Å²) < 4.78 is 0.817. The van der Waals surface area contributed by atoms with Gasteiger partial charge in [0.2, 0.25) is 0 Å². The summed E-state index contributed by atoms with van der Waals surface area (Å²) in [7, 11) is 0. The van der Waals surface area contributed by atoms with Crippen molar-refractivity contribution in [1.29, 1.82) is 0 Å². The summed E-state index contributed by atoms with van der Waals surface area (Å²) in [6.07, 6.45) is 3.05. The average molecular weight is 352 g/mol. The van der Waals surface area contributed by atoms with E-state index in [9.17, 15) is 5.11 Å². The maximum Gasteiger partial charge on any atom is 0.106 e. The zero-order chi connectivity index (χ0) is 14.1. The molecule has 0 bridgehead atoms. The van der Waals surface area contributed by atoms with Crippen molar-refractivity contribution in [3.8, 4) is 0 Å². The van der Waals surface area contributed by atoms with E-state index < -0.39 is 6.10 Å². The van der Waals surface area contributed by atoms with E-state index in [0.29, 0.717) is 10.9 Å². The Bertz CT molecular complexity index is 622. The van der Waals surface area contributed by atoms with Crippen LogP contribution in [0.4, 0.5) is 0 Å². The quantitative estimate of drug-likeness (QED) is 0.779. The van der Waals surface area contributed by atoms with Crippen LogP contribution in [-0.2, 0) is 0 Å². The molecule has 1 atom stereocenters. The topological polar surface area (TPSA) is 20.2 Å². The predicted molar refractivity (Wildman–Crippen MR) is 86.2 cm³/mol. The third-order valence-corrected chi connectivity index (χ3v) is 5.42. The molecule has 2 aromatic rings. The number of aliphatic hydroxyl groups excluding tert-OH is 1. The third-order valence-electron chi connectivity index (χ3n) is 4.11. The number of halogens is 2. The number of hydrogen-bond donors (Lipinski definition) is 1. The van der Waals surface area contributed by atoms with Gasteiger partial charge < -0.3 is 5.11 Å². The van der Waals surface area contributed by atoms with Crippen molar-refractivity contribution in [3.63, 3.8) is 0 Å². The Kier molecular flexibility index (Phi) is 4.16. The lowest BCUT2D eigenvalue weighted by molar-refractivity contribution is 0.217. The fourth-order valence-electron chi connectivity index (χ4n) is 2.75. The molecule has 1 aliphatic carbocycles. The van der Waals surface area contributed by atoms with Gasteiger partial charge in [-0.15, -0.1) is 0 Å². The highest BCUT2D eigenvalue weighted by Crippen LogP contribution is 2.42. The van der Waals surface area contributed by atoms with E-state index in [-0.39, 0.29) is 0 Å². The Morgan fingerprint density at radius 1 is 1.05 bits per heavy atom. The van der Waals surface area contributed by atoms with E-state index in [1.54, 1.807) is 0 Å². The average Bonchev–Trinajstić information content (AvgIpc) is 2.40. The van der Waals surface area contributed by atoms with Crippen molar-refractivity contribution in [2.24, 2.45) is 0 Å². The molecule has 20 heavy (non-hydrogen) atoms. The van der Waals surface area contributed by atoms with Crippen molar-refractivity contribution in [2.45, 2.75) is 31.3 Å². The van der Waals surface area contributed by atoms with E-state index in [0.717, 1.165) is 15.6 Å². The van der Waals surface area contributed by atoms with E-state index in [4.69, 9.17) is 11.6 Å². The molecular weight excluding hydrogens is 336 g/mol. The first-order valence-corrected chi connectivity index (χ1v) is 8.06. The molecule has 0 aliphatic heterocycles. The standard InChI is InChI=1S/C17H16BrClO/c18-15-10-4-9-14(16(15)19)17(20)13-8-2-1-7-12(13)11-5-3-6-11/h1-2,4,7-11,17,20H,3,5-6H2. The summed E-state index contributed by atoms with van der Waals surface area (Å²) in [5, 5.41) is 11.3. The molecule has 1 aliphatic rings. The number of benzene rings is 2. The molecule has 3 rings (SSSR count). The monoisotopic (exact) mass is 350 g/mol. The van der Waals surface area contributed by atoms with E-state index in [1.807, 2.05) is 36.4 Å². The Hall–Kier alpha value is -0.830. The van der Waals surface area contributed by atoms with Gasteiger partial charge in [-0.2, -0.15) is 0 Å². The first-order chi connectivity index (χ1) is 9.68. The summed E-state index contributed by atoms with van der Waals surface area (Å²) in [5.74, 6) is 0.590. The van der Waals surface area contributed by atoms with Gasteiger partial charge in [0.15, 0.2) is 0 Å². The summed E-state index contributed by atoms with van der Waals surface area (Å²) in [6.45, 7) is 0. The van der Waals surface area contributed by atoms with Crippen molar-refractivity contribution in [1.82, 2.24) is 0 Å². The maximum atomic E-state index is 10.7. The molecule has 0 aromatic heterocycles. The molecule has 1 N–H and O–H groups in total. The Morgan fingerprint density at radius 3 is 2.45 bits per heavy atom. The second kappa shape index (κ2) is 5.88. The zero-order valence-corrected chi connectivity index (χ0v) is 13.4. The van der Waals surface area contributed by atoms with Gasteiger partial charge in [-0.1, -0.05) is 54.4 Å². The zero-order valence-electron chi connectivity index (χ0n) is 11.0. The fraction of sp³-hybridized carbons (Fsp3) is 0.294. The van der Waals surface area contributed by atoms with E-state index in [1.165, 1.54) is 24.8 Å². The normalized spacial score (nSPS) is 16.8. The molecule has 2 aromatic carbocycles. The highest BCUT2D eigenvalue weighted by Gasteiger charge is 2.25. The molecule has 0 saturated heterocycles. The second-order valence-corrected chi connectivity index (χ2v) is 6.53. The molecule has 0 spiro atoms. The van der Waals surface area contributed by atoms with Gasteiger partial charge in [-0.25, -0.2) is 0 Å². The van der Waals surface area contributed by atoms with Crippen LogP contribution in [0.3, 0.4) is 0 Å². The number of rotatable bonds is 3. The van der Waals surface area contributed by atoms with Crippen LogP contribution in [0.2, 0.25) is 5.02 Å². The van der Waals surface area contributed by atoms with Crippen LogP contribution in [0.15, 0.2) is 46.9 Å². The molecular formula is C17H16BrClO. The molecule has 0 radical (unpaired) electrons. The summed E-state index contributed by atoms with van der Waals surface area (Å²) in [5.41, 5.74) is 3.01. The SMILES string of the molecule is OC(c1ccccc1C1CCC1)c1cccc(Br)c1Cl. The lowest BCUT2D eigenvalue weighted by Crippen LogP contribution is -2.13. The minimum absolute atomic E-state index is 0.586. The molecule has 1 fully saturated rings. The molecule has 1 unspecified atom stereocenters.